The van der Waals surface area contributed by atoms with Gasteiger partial charge in [-0.15, -0.1) is 0 Å². The smallest absolute Gasteiger partial charge is 0.247 e. The Morgan fingerprint density at radius 3 is 2.70 bits per heavy atom. The fourth-order valence-electron chi connectivity index (χ4n) is 2.64. The Morgan fingerprint density at radius 2 is 2.05 bits per heavy atom. The summed E-state index contributed by atoms with van der Waals surface area (Å²) < 4.78 is 0. The molecule has 20 heavy (non-hydrogen) atoms. The van der Waals surface area contributed by atoms with E-state index in [1.54, 1.807) is 11.2 Å². The van der Waals surface area contributed by atoms with E-state index in [9.17, 15) is 4.79 Å². The van der Waals surface area contributed by atoms with Crippen LogP contribution in [-0.2, 0) is 4.79 Å². The van der Waals surface area contributed by atoms with Gasteiger partial charge in [-0.1, -0.05) is 0 Å². The van der Waals surface area contributed by atoms with Gasteiger partial charge in [0.2, 0.25) is 5.91 Å². The third-order valence-corrected chi connectivity index (χ3v) is 3.86. The van der Waals surface area contributed by atoms with E-state index < -0.39 is 5.54 Å². The molecule has 1 saturated heterocycles. The maximum Gasteiger partial charge on any atom is 0.247 e. The predicted octanol–water partition coefficient (Wildman–Crippen LogP) is 1.27. The van der Waals surface area contributed by atoms with Crippen LogP contribution in [0.4, 0.5) is 11.6 Å². The molecular formula is C14H23N5O. The number of likely N-dealkylation sites (N-methyl/N-ethyl adjacent to an activating group) is 1. The number of carbonyl (C=O) groups is 1. The molecule has 0 aromatic carbocycles. The Balaban J connectivity index is 2.41. The van der Waals surface area contributed by atoms with E-state index in [-0.39, 0.29) is 5.91 Å². The lowest BCUT2D eigenvalue weighted by molar-refractivity contribution is -0.136. The number of rotatable bonds is 3. The highest BCUT2D eigenvalue weighted by atomic mass is 16.2. The minimum absolute atomic E-state index is 0.117. The van der Waals surface area contributed by atoms with Gasteiger partial charge in [-0.3, -0.25) is 4.79 Å². The van der Waals surface area contributed by atoms with Gasteiger partial charge in [0.25, 0.3) is 0 Å². The van der Waals surface area contributed by atoms with Gasteiger partial charge in [0, 0.05) is 32.2 Å². The molecule has 1 aromatic rings. The van der Waals surface area contributed by atoms with Crippen molar-refractivity contribution >= 4 is 17.5 Å². The first-order chi connectivity index (χ1) is 9.39. The molecule has 0 radical (unpaired) electrons. The molecule has 0 spiro atoms. The average molecular weight is 277 g/mol. The first kappa shape index (κ1) is 14.6. The molecule has 1 aromatic heterocycles. The van der Waals surface area contributed by atoms with Gasteiger partial charge in [0.1, 0.15) is 23.5 Å². The molecule has 1 amide bonds. The molecule has 1 fully saturated rings. The number of hydrogen-bond donors (Lipinski definition) is 1. The summed E-state index contributed by atoms with van der Waals surface area (Å²) in [6.45, 7) is 10.2. The summed E-state index contributed by atoms with van der Waals surface area (Å²) in [6, 6.07) is 0. The Bertz CT molecular complexity index is 514. The SMILES string of the molecule is CCNc1ncnc(N2CCN(C)C(=O)C2(C)C)c1C. The van der Waals surface area contributed by atoms with Crippen molar-refractivity contribution in [2.75, 3.05) is 36.9 Å². The topological polar surface area (TPSA) is 61.4 Å². The highest BCUT2D eigenvalue weighted by molar-refractivity contribution is 5.90. The second-order valence-electron chi connectivity index (χ2n) is 5.64. The zero-order chi connectivity index (χ0) is 14.9. The van der Waals surface area contributed by atoms with Crippen LogP contribution in [0, 0.1) is 6.92 Å². The zero-order valence-corrected chi connectivity index (χ0v) is 12.9. The molecule has 2 rings (SSSR count). The summed E-state index contributed by atoms with van der Waals surface area (Å²) in [5.41, 5.74) is 0.398. The van der Waals surface area contributed by atoms with Crippen LogP contribution in [0.1, 0.15) is 26.3 Å². The maximum atomic E-state index is 12.4. The molecule has 110 valence electrons. The van der Waals surface area contributed by atoms with Crippen LogP contribution < -0.4 is 10.2 Å². The summed E-state index contributed by atoms with van der Waals surface area (Å²) in [5.74, 6) is 1.79. The van der Waals surface area contributed by atoms with Crippen molar-refractivity contribution in [1.29, 1.82) is 0 Å². The maximum absolute atomic E-state index is 12.4. The summed E-state index contributed by atoms with van der Waals surface area (Å²) >= 11 is 0. The zero-order valence-electron chi connectivity index (χ0n) is 12.9. The van der Waals surface area contributed by atoms with Crippen LogP contribution in [0.5, 0.6) is 0 Å². The molecule has 6 nitrogen and oxygen atoms in total. The summed E-state index contributed by atoms with van der Waals surface area (Å²) in [7, 11) is 1.85. The van der Waals surface area contributed by atoms with E-state index in [4.69, 9.17) is 0 Å². The number of amides is 1. The number of hydrogen-bond acceptors (Lipinski definition) is 5. The standard InChI is InChI=1S/C14H23N5O/c1-6-15-11-10(2)12(17-9-16-11)19-8-7-18(5)13(20)14(19,3)4/h9H,6-8H2,1-5H3,(H,15,16,17). The third-order valence-electron chi connectivity index (χ3n) is 3.86. The van der Waals surface area contributed by atoms with Crippen molar-refractivity contribution < 1.29 is 4.79 Å². The molecule has 0 atom stereocenters. The van der Waals surface area contributed by atoms with Gasteiger partial charge in [0.05, 0.1) is 0 Å². The lowest BCUT2D eigenvalue weighted by atomic mass is 9.97. The van der Waals surface area contributed by atoms with Crippen LogP contribution in [0.15, 0.2) is 6.33 Å². The van der Waals surface area contributed by atoms with Crippen LogP contribution in [0.3, 0.4) is 0 Å². The average Bonchev–Trinajstić information content (AvgIpc) is 2.40. The number of carbonyl (C=O) groups excluding carboxylic acids is 1. The van der Waals surface area contributed by atoms with Crippen molar-refractivity contribution in [2.45, 2.75) is 33.2 Å². The van der Waals surface area contributed by atoms with Crippen LogP contribution in [0.2, 0.25) is 0 Å². The molecule has 1 N–H and O–H groups in total. The Hall–Kier alpha value is -1.85. The van der Waals surface area contributed by atoms with Gasteiger partial charge >= 0.3 is 0 Å². The fourth-order valence-corrected chi connectivity index (χ4v) is 2.64. The van der Waals surface area contributed by atoms with Gasteiger partial charge in [-0.25, -0.2) is 9.97 Å². The van der Waals surface area contributed by atoms with Crippen molar-refractivity contribution in [3.8, 4) is 0 Å². The fraction of sp³-hybridized carbons (Fsp3) is 0.643. The molecular weight excluding hydrogens is 254 g/mol. The molecule has 1 aliphatic heterocycles. The van der Waals surface area contributed by atoms with Crippen molar-refractivity contribution in [2.24, 2.45) is 0 Å². The third kappa shape index (κ3) is 2.30. The summed E-state index contributed by atoms with van der Waals surface area (Å²) in [6.07, 6.45) is 1.55. The Morgan fingerprint density at radius 1 is 1.35 bits per heavy atom. The Labute approximate surface area is 120 Å². The Kier molecular flexibility index (Phi) is 3.83. The monoisotopic (exact) mass is 277 g/mol. The largest absolute Gasteiger partial charge is 0.370 e. The number of anilines is 2. The minimum Gasteiger partial charge on any atom is -0.370 e. The number of nitrogens with zero attached hydrogens (tertiary/aromatic N) is 4. The van der Waals surface area contributed by atoms with E-state index in [0.29, 0.717) is 6.54 Å². The number of nitrogens with one attached hydrogen (secondary N) is 1. The highest BCUT2D eigenvalue weighted by Gasteiger charge is 2.41. The van der Waals surface area contributed by atoms with Crippen LogP contribution in [-0.4, -0.2) is 53.0 Å². The van der Waals surface area contributed by atoms with Crippen molar-refractivity contribution in [1.82, 2.24) is 14.9 Å². The molecule has 6 heteroatoms. The number of aromatic nitrogens is 2. The van der Waals surface area contributed by atoms with E-state index >= 15 is 0 Å². The highest BCUT2D eigenvalue weighted by Crippen LogP contribution is 2.31. The second-order valence-corrected chi connectivity index (χ2v) is 5.64. The molecule has 0 aliphatic carbocycles. The van der Waals surface area contributed by atoms with Crippen LogP contribution in [0.25, 0.3) is 0 Å². The molecule has 2 heterocycles. The lowest BCUT2D eigenvalue weighted by Crippen LogP contribution is -2.62. The molecule has 0 unspecified atom stereocenters. The predicted molar refractivity (Wildman–Crippen MR) is 80.0 cm³/mol. The van der Waals surface area contributed by atoms with Crippen LogP contribution >= 0.6 is 0 Å². The molecule has 0 bridgehead atoms. The van der Waals surface area contributed by atoms with Gasteiger partial charge < -0.3 is 15.1 Å². The van der Waals surface area contributed by atoms with E-state index in [1.165, 1.54) is 0 Å². The quantitative estimate of drug-likeness (QED) is 0.901. The van der Waals surface area contributed by atoms with Crippen molar-refractivity contribution in [3.63, 3.8) is 0 Å². The summed E-state index contributed by atoms with van der Waals surface area (Å²) in [4.78, 5) is 24.9. The van der Waals surface area contributed by atoms with Gasteiger partial charge in [-0.05, 0) is 27.7 Å². The lowest BCUT2D eigenvalue weighted by Gasteiger charge is -2.45. The first-order valence-electron chi connectivity index (χ1n) is 6.98. The van der Waals surface area contributed by atoms with Gasteiger partial charge in [-0.2, -0.15) is 0 Å². The minimum atomic E-state index is -0.588. The normalized spacial score (nSPS) is 18.4. The van der Waals surface area contributed by atoms with E-state index in [0.717, 1.165) is 30.3 Å². The van der Waals surface area contributed by atoms with Gasteiger partial charge in [0.15, 0.2) is 0 Å². The summed E-state index contributed by atoms with van der Waals surface area (Å²) in [5, 5.41) is 3.23. The number of piperazine rings is 1. The van der Waals surface area contributed by atoms with E-state index in [1.807, 2.05) is 34.7 Å². The molecule has 1 aliphatic rings. The second kappa shape index (κ2) is 5.26. The van der Waals surface area contributed by atoms with Crippen molar-refractivity contribution in [3.05, 3.63) is 11.9 Å². The van der Waals surface area contributed by atoms with E-state index in [2.05, 4.69) is 20.2 Å². The molecule has 0 saturated carbocycles. The first-order valence-corrected chi connectivity index (χ1v) is 6.98.